The minimum atomic E-state index is -4.56. The third kappa shape index (κ3) is 5.30. The molecule has 0 fully saturated rings. The number of halogens is 6. The van der Waals surface area contributed by atoms with Gasteiger partial charge < -0.3 is 5.32 Å². The van der Waals surface area contributed by atoms with E-state index in [-0.39, 0.29) is 11.0 Å². The van der Waals surface area contributed by atoms with Gasteiger partial charge in [0.1, 0.15) is 0 Å². The Morgan fingerprint density at radius 3 is 1.22 bits per heavy atom. The third-order valence-electron chi connectivity index (χ3n) is 6.68. The Labute approximate surface area is 230 Å². The van der Waals surface area contributed by atoms with Crippen LogP contribution in [0.15, 0.2) is 109 Å². The highest BCUT2D eigenvalue weighted by molar-refractivity contribution is 6.01. The third-order valence-corrected chi connectivity index (χ3v) is 6.68. The van der Waals surface area contributed by atoms with Gasteiger partial charge in [0.15, 0.2) is 0 Å². The lowest BCUT2D eigenvalue weighted by molar-refractivity contribution is -0.138. The molecule has 41 heavy (non-hydrogen) atoms. The summed E-state index contributed by atoms with van der Waals surface area (Å²) in [4.78, 5) is 9.02. The smallest absolute Gasteiger partial charge is 0.354 e. The molecular weight excluding hydrogens is 540 g/mol. The van der Waals surface area contributed by atoms with E-state index in [9.17, 15) is 26.3 Å². The number of nitrogens with zero attached hydrogens (tertiary/aromatic N) is 2. The molecule has 0 saturated heterocycles. The van der Waals surface area contributed by atoms with Crippen LogP contribution in [0.5, 0.6) is 0 Å². The molecule has 0 aliphatic rings. The summed E-state index contributed by atoms with van der Waals surface area (Å²) in [5, 5.41) is 4.11. The van der Waals surface area contributed by atoms with E-state index < -0.39 is 23.5 Å². The molecule has 0 unspecified atom stereocenters. The fourth-order valence-electron chi connectivity index (χ4n) is 4.68. The number of hydrogen-bond donors (Lipinski definition) is 1. The quantitative estimate of drug-likeness (QED) is 0.219. The molecule has 0 bridgehead atoms. The number of hydrogen-bond acceptors (Lipinski definition) is 3. The minimum Gasteiger partial charge on any atom is -0.354 e. The molecule has 6 aromatic rings. The van der Waals surface area contributed by atoms with Gasteiger partial charge in [-0.1, -0.05) is 72.8 Å². The molecule has 2 heterocycles. The Morgan fingerprint density at radius 1 is 0.463 bits per heavy atom. The van der Waals surface area contributed by atoms with E-state index in [2.05, 4.69) is 15.3 Å². The molecule has 0 aliphatic carbocycles. The number of anilines is 2. The molecular formula is C32H19F6N3. The van der Waals surface area contributed by atoms with Crippen molar-refractivity contribution in [2.75, 3.05) is 5.32 Å². The summed E-state index contributed by atoms with van der Waals surface area (Å²) < 4.78 is 81.3. The number of nitrogens with one attached hydrogen (secondary N) is 1. The second-order valence-corrected chi connectivity index (χ2v) is 9.43. The first-order valence-corrected chi connectivity index (χ1v) is 12.5. The van der Waals surface area contributed by atoms with Crippen LogP contribution < -0.4 is 5.32 Å². The van der Waals surface area contributed by atoms with Crippen molar-refractivity contribution in [2.24, 2.45) is 0 Å². The van der Waals surface area contributed by atoms with Crippen LogP contribution >= 0.6 is 0 Å². The predicted molar refractivity (Wildman–Crippen MR) is 148 cm³/mol. The van der Waals surface area contributed by atoms with E-state index >= 15 is 0 Å². The average Bonchev–Trinajstić information content (AvgIpc) is 2.96. The van der Waals surface area contributed by atoms with Crippen LogP contribution in [-0.2, 0) is 12.4 Å². The summed E-state index contributed by atoms with van der Waals surface area (Å²) in [7, 11) is 0. The minimum absolute atomic E-state index is 0.115. The Bertz CT molecular complexity index is 1740. The van der Waals surface area contributed by atoms with Gasteiger partial charge in [-0.3, -0.25) is 0 Å². The van der Waals surface area contributed by atoms with Crippen molar-refractivity contribution in [1.29, 1.82) is 0 Å². The number of benzene rings is 4. The van der Waals surface area contributed by atoms with Gasteiger partial charge in [-0.2, -0.15) is 26.3 Å². The Morgan fingerprint density at radius 2 is 0.854 bits per heavy atom. The van der Waals surface area contributed by atoms with E-state index in [1.807, 2.05) is 12.1 Å². The second-order valence-electron chi connectivity index (χ2n) is 9.43. The van der Waals surface area contributed by atoms with Crippen LogP contribution in [0, 0.1) is 0 Å². The van der Waals surface area contributed by atoms with Crippen LogP contribution in [0.1, 0.15) is 11.1 Å². The SMILES string of the molecule is FC(F)(F)c1ccc2c(Nc3cc(-c4ccccc4)nc4cc(C(F)(F)F)ccc34)cc(-c3ccccc3)nc2c1. The Balaban J connectivity index is 1.58. The summed E-state index contributed by atoms with van der Waals surface area (Å²) >= 11 is 0. The molecule has 0 radical (unpaired) electrons. The van der Waals surface area contributed by atoms with E-state index in [1.165, 1.54) is 12.1 Å². The monoisotopic (exact) mass is 559 g/mol. The van der Waals surface area contributed by atoms with Gasteiger partial charge in [-0.25, -0.2) is 9.97 Å². The zero-order chi connectivity index (χ0) is 28.8. The Kier molecular flexibility index (Phi) is 6.37. The van der Waals surface area contributed by atoms with Crippen molar-refractivity contribution in [3.8, 4) is 22.5 Å². The first-order valence-electron chi connectivity index (χ1n) is 12.5. The maximum atomic E-state index is 13.6. The standard InChI is InChI=1S/C32H19F6N3/c33-31(34,35)21-11-13-23-27(15-21)39-25(19-7-3-1-4-8-19)17-29(23)41-30-18-26(20-9-5-2-6-10-20)40-28-16-22(32(36,37)38)12-14-24(28)30/h1-18H,(H,39,40,41). The first-order chi connectivity index (χ1) is 19.6. The average molecular weight is 560 g/mol. The van der Waals surface area contributed by atoms with Gasteiger partial charge in [-0.15, -0.1) is 0 Å². The zero-order valence-corrected chi connectivity index (χ0v) is 21.1. The lowest BCUT2D eigenvalue weighted by Gasteiger charge is -2.17. The van der Waals surface area contributed by atoms with Crippen molar-refractivity contribution < 1.29 is 26.3 Å². The number of pyridine rings is 2. The molecule has 2 aromatic heterocycles. The summed E-state index contributed by atoms with van der Waals surface area (Å²) in [6.07, 6.45) is -9.12. The summed E-state index contributed by atoms with van der Waals surface area (Å²) in [5.74, 6) is 0. The van der Waals surface area contributed by atoms with Crippen LogP contribution in [0.2, 0.25) is 0 Å². The highest BCUT2D eigenvalue weighted by Crippen LogP contribution is 2.39. The summed E-state index contributed by atoms with van der Waals surface area (Å²) in [6.45, 7) is 0. The highest BCUT2D eigenvalue weighted by atomic mass is 19.4. The maximum absolute atomic E-state index is 13.6. The fraction of sp³-hybridized carbons (Fsp3) is 0.0625. The van der Waals surface area contributed by atoms with Crippen LogP contribution in [-0.4, -0.2) is 9.97 Å². The molecule has 9 heteroatoms. The number of alkyl halides is 6. The van der Waals surface area contributed by atoms with Gasteiger partial charge in [0, 0.05) is 21.9 Å². The molecule has 6 rings (SSSR count). The van der Waals surface area contributed by atoms with E-state index in [0.29, 0.717) is 44.7 Å². The molecule has 4 aromatic carbocycles. The highest BCUT2D eigenvalue weighted by Gasteiger charge is 2.32. The van der Waals surface area contributed by atoms with Crippen LogP contribution in [0.4, 0.5) is 37.7 Å². The number of aromatic nitrogens is 2. The Hall–Kier alpha value is -4.92. The van der Waals surface area contributed by atoms with E-state index in [1.54, 1.807) is 60.7 Å². The van der Waals surface area contributed by atoms with Crippen molar-refractivity contribution >= 4 is 33.2 Å². The summed E-state index contributed by atoms with van der Waals surface area (Å²) in [6, 6.07) is 28.0. The van der Waals surface area contributed by atoms with Crippen molar-refractivity contribution in [1.82, 2.24) is 9.97 Å². The van der Waals surface area contributed by atoms with Crippen molar-refractivity contribution in [3.05, 3.63) is 120 Å². The van der Waals surface area contributed by atoms with Gasteiger partial charge in [0.25, 0.3) is 0 Å². The molecule has 0 aliphatic heterocycles. The number of rotatable bonds is 4. The lowest BCUT2D eigenvalue weighted by Crippen LogP contribution is -2.06. The lowest BCUT2D eigenvalue weighted by atomic mass is 10.0. The molecule has 3 nitrogen and oxygen atoms in total. The van der Waals surface area contributed by atoms with Gasteiger partial charge >= 0.3 is 12.4 Å². The maximum Gasteiger partial charge on any atom is 0.416 e. The normalized spacial score (nSPS) is 12.1. The fourth-order valence-corrected chi connectivity index (χ4v) is 4.68. The van der Waals surface area contributed by atoms with Gasteiger partial charge in [-0.05, 0) is 36.4 Å². The van der Waals surface area contributed by atoms with Crippen LogP contribution in [0.25, 0.3) is 44.3 Å². The first kappa shape index (κ1) is 26.3. The molecule has 0 spiro atoms. The van der Waals surface area contributed by atoms with Crippen molar-refractivity contribution in [3.63, 3.8) is 0 Å². The van der Waals surface area contributed by atoms with Crippen molar-refractivity contribution in [2.45, 2.75) is 12.4 Å². The van der Waals surface area contributed by atoms with Crippen LogP contribution in [0.3, 0.4) is 0 Å². The molecule has 0 atom stereocenters. The zero-order valence-electron chi connectivity index (χ0n) is 21.1. The van der Waals surface area contributed by atoms with Gasteiger partial charge in [0.2, 0.25) is 0 Å². The predicted octanol–water partition coefficient (Wildman–Crippen LogP) is 9.90. The largest absolute Gasteiger partial charge is 0.416 e. The molecule has 0 saturated carbocycles. The molecule has 0 amide bonds. The summed E-state index contributed by atoms with van der Waals surface area (Å²) in [5.41, 5.74) is 1.67. The van der Waals surface area contributed by atoms with Gasteiger partial charge in [0.05, 0.1) is 44.9 Å². The number of fused-ring (bicyclic) bond motifs is 2. The van der Waals surface area contributed by atoms with E-state index in [0.717, 1.165) is 24.3 Å². The molecule has 204 valence electrons. The van der Waals surface area contributed by atoms with E-state index in [4.69, 9.17) is 0 Å². The molecule has 1 N–H and O–H groups in total. The topological polar surface area (TPSA) is 37.8 Å². The second kappa shape index (κ2) is 9.92.